The van der Waals surface area contributed by atoms with Gasteiger partial charge in [0.1, 0.15) is 12.6 Å². The largest absolute Gasteiger partial charge is 0.352 e. The van der Waals surface area contributed by atoms with Gasteiger partial charge in [-0.1, -0.05) is 85.5 Å². The summed E-state index contributed by atoms with van der Waals surface area (Å²) >= 11 is 6.22. The molecule has 1 saturated carbocycles. The SMILES string of the molecule is C[C@H](C(=O)NC1CCCCC1)N(CCc1ccccc1)C(=O)CN(c1cccc(Cl)c1)S(=O)(=O)c1ccccc1. The van der Waals surface area contributed by atoms with Gasteiger partial charge in [-0.25, -0.2) is 8.42 Å². The van der Waals surface area contributed by atoms with Gasteiger partial charge in [0.25, 0.3) is 10.0 Å². The highest BCUT2D eigenvalue weighted by molar-refractivity contribution is 7.92. The highest BCUT2D eigenvalue weighted by Crippen LogP contribution is 2.26. The molecule has 2 amide bonds. The van der Waals surface area contributed by atoms with Gasteiger partial charge < -0.3 is 10.2 Å². The summed E-state index contributed by atoms with van der Waals surface area (Å²) in [5, 5.41) is 3.47. The standard InChI is InChI=1S/C31H36ClN3O4S/c1-24(31(37)33-27-15-7-3-8-16-27)34(21-20-25-12-5-2-6-13-25)30(36)23-35(28-17-11-14-26(32)22-28)40(38,39)29-18-9-4-10-19-29/h2,4-6,9-14,17-19,22,24,27H,3,7-8,15-16,20-21,23H2,1H3,(H,33,37)/t24-/m1/s1. The lowest BCUT2D eigenvalue weighted by atomic mass is 9.95. The Morgan fingerprint density at radius 3 is 2.23 bits per heavy atom. The Morgan fingerprint density at radius 2 is 1.57 bits per heavy atom. The van der Waals surface area contributed by atoms with E-state index in [1.54, 1.807) is 43.3 Å². The summed E-state index contributed by atoms with van der Waals surface area (Å²) < 4.78 is 28.6. The van der Waals surface area contributed by atoms with Gasteiger partial charge in [-0.2, -0.15) is 0 Å². The molecule has 7 nitrogen and oxygen atoms in total. The topological polar surface area (TPSA) is 86.8 Å². The number of anilines is 1. The van der Waals surface area contributed by atoms with Gasteiger partial charge in [-0.05, 0) is 62.1 Å². The average molecular weight is 582 g/mol. The maximum atomic E-state index is 14.0. The van der Waals surface area contributed by atoms with Crippen molar-refractivity contribution in [1.82, 2.24) is 10.2 Å². The number of halogens is 1. The van der Waals surface area contributed by atoms with Crippen molar-refractivity contribution < 1.29 is 18.0 Å². The molecule has 1 aliphatic rings. The number of benzene rings is 3. The first kappa shape index (κ1) is 29.6. The van der Waals surface area contributed by atoms with Crippen LogP contribution in [0.4, 0.5) is 5.69 Å². The first-order valence-corrected chi connectivity index (χ1v) is 15.5. The van der Waals surface area contributed by atoms with E-state index < -0.39 is 28.5 Å². The third kappa shape index (κ3) is 7.64. The molecule has 1 aliphatic carbocycles. The quantitative estimate of drug-likeness (QED) is 0.326. The van der Waals surface area contributed by atoms with Gasteiger partial charge in [-0.3, -0.25) is 13.9 Å². The molecule has 0 spiro atoms. The van der Waals surface area contributed by atoms with E-state index in [9.17, 15) is 18.0 Å². The van der Waals surface area contributed by atoms with Crippen LogP contribution in [0.3, 0.4) is 0 Å². The van der Waals surface area contributed by atoms with Crippen molar-refractivity contribution >= 4 is 39.1 Å². The molecule has 3 aromatic carbocycles. The van der Waals surface area contributed by atoms with Crippen molar-refractivity contribution in [1.29, 1.82) is 0 Å². The second-order valence-corrected chi connectivity index (χ2v) is 12.4. The third-order valence-electron chi connectivity index (χ3n) is 7.31. The predicted octanol–water partition coefficient (Wildman–Crippen LogP) is 5.44. The zero-order valence-electron chi connectivity index (χ0n) is 22.7. The van der Waals surface area contributed by atoms with Gasteiger partial charge in [0, 0.05) is 17.6 Å². The van der Waals surface area contributed by atoms with E-state index in [4.69, 9.17) is 11.6 Å². The maximum Gasteiger partial charge on any atom is 0.264 e. The molecule has 0 saturated heterocycles. The molecular weight excluding hydrogens is 546 g/mol. The van der Waals surface area contributed by atoms with E-state index in [-0.39, 0.29) is 29.1 Å². The molecule has 0 radical (unpaired) electrons. The van der Waals surface area contributed by atoms with Crippen LogP contribution in [0.1, 0.15) is 44.6 Å². The number of amides is 2. The lowest BCUT2D eigenvalue weighted by Crippen LogP contribution is -2.53. The van der Waals surface area contributed by atoms with E-state index in [1.807, 2.05) is 30.3 Å². The first-order chi connectivity index (χ1) is 19.3. The Hall–Kier alpha value is -3.36. The molecule has 0 unspecified atom stereocenters. The van der Waals surface area contributed by atoms with Crippen molar-refractivity contribution in [2.75, 3.05) is 17.4 Å². The van der Waals surface area contributed by atoms with Crippen LogP contribution in [0.15, 0.2) is 89.8 Å². The molecule has 0 heterocycles. The molecule has 3 aromatic rings. The van der Waals surface area contributed by atoms with E-state index in [2.05, 4.69) is 5.32 Å². The molecule has 0 aliphatic heterocycles. The molecular formula is C31H36ClN3O4S. The van der Waals surface area contributed by atoms with Crippen molar-refractivity contribution in [3.05, 3.63) is 95.5 Å². The van der Waals surface area contributed by atoms with Crippen LogP contribution in [-0.4, -0.2) is 50.3 Å². The van der Waals surface area contributed by atoms with Gasteiger partial charge >= 0.3 is 0 Å². The van der Waals surface area contributed by atoms with Gasteiger partial charge in [-0.15, -0.1) is 0 Å². The number of carbonyl (C=O) groups is 2. The minimum absolute atomic E-state index is 0.0571. The van der Waals surface area contributed by atoms with E-state index in [0.29, 0.717) is 11.4 Å². The molecule has 1 N–H and O–H groups in total. The minimum Gasteiger partial charge on any atom is -0.352 e. The summed E-state index contributed by atoms with van der Waals surface area (Å²) in [4.78, 5) is 28.8. The second kappa shape index (κ2) is 13.8. The molecule has 4 rings (SSSR count). The molecule has 0 bridgehead atoms. The summed E-state index contributed by atoms with van der Waals surface area (Å²) in [6, 6.07) is 23.4. The predicted molar refractivity (Wildman–Crippen MR) is 159 cm³/mol. The fraction of sp³-hybridized carbons (Fsp3) is 0.355. The van der Waals surface area contributed by atoms with E-state index in [1.165, 1.54) is 29.5 Å². The molecule has 1 fully saturated rings. The molecule has 212 valence electrons. The van der Waals surface area contributed by atoms with Crippen molar-refractivity contribution in [2.24, 2.45) is 0 Å². The van der Waals surface area contributed by atoms with Crippen molar-refractivity contribution in [2.45, 2.75) is 62.4 Å². The van der Waals surface area contributed by atoms with Crippen LogP contribution >= 0.6 is 11.6 Å². The lowest BCUT2D eigenvalue weighted by molar-refractivity contribution is -0.139. The van der Waals surface area contributed by atoms with Gasteiger partial charge in [0.05, 0.1) is 10.6 Å². The number of hydrogen-bond donors (Lipinski definition) is 1. The summed E-state index contributed by atoms with van der Waals surface area (Å²) in [6.45, 7) is 1.49. The average Bonchev–Trinajstić information content (AvgIpc) is 2.97. The van der Waals surface area contributed by atoms with Crippen LogP contribution in [0.2, 0.25) is 5.02 Å². The van der Waals surface area contributed by atoms with Crippen molar-refractivity contribution in [3.8, 4) is 0 Å². The van der Waals surface area contributed by atoms with Crippen LogP contribution in [-0.2, 0) is 26.0 Å². The van der Waals surface area contributed by atoms with Crippen molar-refractivity contribution in [3.63, 3.8) is 0 Å². The normalized spacial score (nSPS) is 14.8. The number of nitrogens with zero attached hydrogens (tertiary/aromatic N) is 2. The highest BCUT2D eigenvalue weighted by atomic mass is 35.5. The van der Waals surface area contributed by atoms with E-state index >= 15 is 0 Å². The Labute approximate surface area is 242 Å². The van der Waals surface area contributed by atoms with Crippen LogP contribution in [0.25, 0.3) is 0 Å². The number of hydrogen-bond acceptors (Lipinski definition) is 4. The first-order valence-electron chi connectivity index (χ1n) is 13.7. The van der Waals surface area contributed by atoms with Gasteiger partial charge in [0.15, 0.2) is 0 Å². The Bertz CT molecular complexity index is 1380. The maximum absolute atomic E-state index is 14.0. The third-order valence-corrected chi connectivity index (χ3v) is 9.33. The number of carbonyl (C=O) groups excluding carboxylic acids is 2. The monoisotopic (exact) mass is 581 g/mol. The number of sulfonamides is 1. The smallest absolute Gasteiger partial charge is 0.264 e. The second-order valence-electron chi connectivity index (χ2n) is 10.1. The van der Waals surface area contributed by atoms with Crippen LogP contribution in [0, 0.1) is 0 Å². The summed E-state index contributed by atoms with van der Waals surface area (Å²) in [5.74, 6) is -0.699. The number of nitrogens with one attached hydrogen (secondary N) is 1. The Kier molecular flexibility index (Phi) is 10.2. The van der Waals surface area contributed by atoms with Crippen LogP contribution in [0.5, 0.6) is 0 Å². The molecule has 9 heteroatoms. The Morgan fingerprint density at radius 1 is 0.925 bits per heavy atom. The highest BCUT2D eigenvalue weighted by Gasteiger charge is 2.33. The molecule has 1 atom stereocenters. The molecule has 40 heavy (non-hydrogen) atoms. The van der Waals surface area contributed by atoms with E-state index in [0.717, 1.165) is 35.6 Å². The van der Waals surface area contributed by atoms with Gasteiger partial charge in [0.2, 0.25) is 11.8 Å². The Balaban J connectivity index is 1.62. The fourth-order valence-corrected chi connectivity index (χ4v) is 6.63. The summed E-state index contributed by atoms with van der Waals surface area (Å²) in [6.07, 6.45) is 5.68. The lowest BCUT2D eigenvalue weighted by Gasteiger charge is -2.33. The summed E-state index contributed by atoms with van der Waals surface area (Å²) in [5.41, 5.74) is 1.29. The number of rotatable bonds is 11. The minimum atomic E-state index is -4.11. The molecule has 0 aromatic heterocycles. The zero-order valence-corrected chi connectivity index (χ0v) is 24.3. The summed E-state index contributed by atoms with van der Waals surface area (Å²) in [7, 11) is -4.11. The van der Waals surface area contributed by atoms with Crippen LogP contribution < -0.4 is 9.62 Å². The zero-order chi connectivity index (χ0) is 28.5. The fourth-order valence-electron chi connectivity index (χ4n) is 5.02.